The van der Waals surface area contributed by atoms with Gasteiger partial charge in [-0.3, -0.25) is 10.1 Å². The summed E-state index contributed by atoms with van der Waals surface area (Å²) in [5, 5.41) is 23.1. The highest BCUT2D eigenvalue weighted by Crippen LogP contribution is 2.30. The monoisotopic (exact) mass is 394 g/mol. The van der Waals surface area contributed by atoms with Gasteiger partial charge >= 0.3 is 0 Å². The van der Waals surface area contributed by atoms with E-state index in [1.807, 2.05) is 18.5 Å². The predicted octanol–water partition coefficient (Wildman–Crippen LogP) is 3.56. The highest BCUT2D eigenvalue weighted by atomic mass is 32.2. The number of carbonyl (C=O) groups excluding carboxylic acids is 1. The Morgan fingerprint density at radius 1 is 1.32 bits per heavy atom. The Balaban J connectivity index is 1.63. The Hall–Kier alpha value is -1.78. The molecule has 0 aliphatic carbocycles. The van der Waals surface area contributed by atoms with E-state index in [-0.39, 0.29) is 11.7 Å². The molecule has 0 aromatic carbocycles. The summed E-state index contributed by atoms with van der Waals surface area (Å²) in [7, 11) is 1.91. The zero-order valence-electron chi connectivity index (χ0n) is 14.3. The lowest BCUT2D eigenvalue weighted by molar-refractivity contribution is -0.113. The van der Waals surface area contributed by atoms with Gasteiger partial charge < -0.3 is 4.57 Å². The molecule has 3 aromatic heterocycles. The standard InChI is InChI=1S/C15H18N6OS3/c1-8(2)11-5-10(6-23-11)13-18-20-15(21(13)4)24-7-12(22)16-14-19-17-9(3)25-14/h5-6,8H,7H2,1-4H3,(H,16,19,22). The van der Waals surface area contributed by atoms with Crippen LogP contribution < -0.4 is 5.32 Å². The Morgan fingerprint density at radius 3 is 2.76 bits per heavy atom. The Kier molecular flexibility index (Phi) is 5.50. The van der Waals surface area contributed by atoms with Gasteiger partial charge in [0.15, 0.2) is 11.0 Å². The molecule has 0 bridgehead atoms. The molecule has 3 heterocycles. The van der Waals surface area contributed by atoms with Crippen molar-refractivity contribution in [2.24, 2.45) is 7.05 Å². The molecule has 0 aliphatic rings. The van der Waals surface area contributed by atoms with E-state index >= 15 is 0 Å². The number of hydrogen-bond acceptors (Lipinski definition) is 8. The molecule has 1 amide bonds. The minimum atomic E-state index is -0.136. The van der Waals surface area contributed by atoms with E-state index in [1.54, 1.807) is 11.3 Å². The van der Waals surface area contributed by atoms with E-state index in [0.29, 0.717) is 16.2 Å². The average molecular weight is 395 g/mol. The summed E-state index contributed by atoms with van der Waals surface area (Å²) in [4.78, 5) is 13.3. The predicted molar refractivity (Wildman–Crippen MR) is 102 cm³/mol. The number of thioether (sulfide) groups is 1. The minimum absolute atomic E-state index is 0.136. The normalized spacial score (nSPS) is 11.2. The van der Waals surface area contributed by atoms with E-state index in [2.05, 4.69) is 51.0 Å². The van der Waals surface area contributed by atoms with Crippen molar-refractivity contribution in [1.29, 1.82) is 0 Å². The van der Waals surface area contributed by atoms with Gasteiger partial charge in [0.2, 0.25) is 11.0 Å². The first-order chi connectivity index (χ1) is 11.9. The molecular weight excluding hydrogens is 376 g/mol. The fraction of sp³-hybridized carbons (Fsp3) is 0.400. The first-order valence-corrected chi connectivity index (χ1v) is 10.3. The summed E-state index contributed by atoms with van der Waals surface area (Å²) in [5.74, 6) is 1.41. The number of aromatic nitrogens is 5. The first kappa shape index (κ1) is 18.0. The molecule has 0 unspecified atom stereocenters. The minimum Gasteiger partial charge on any atom is -0.305 e. The molecule has 0 atom stereocenters. The van der Waals surface area contributed by atoms with Crippen LogP contribution in [0.1, 0.15) is 29.7 Å². The van der Waals surface area contributed by atoms with Crippen LogP contribution in [0.5, 0.6) is 0 Å². The number of aryl methyl sites for hydroxylation is 1. The van der Waals surface area contributed by atoms with Crippen molar-refractivity contribution in [2.75, 3.05) is 11.1 Å². The lowest BCUT2D eigenvalue weighted by Gasteiger charge is -2.03. The van der Waals surface area contributed by atoms with Crippen LogP contribution in [0.25, 0.3) is 11.4 Å². The molecular formula is C15H18N6OS3. The highest BCUT2D eigenvalue weighted by Gasteiger charge is 2.15. The average Bonchev–Trinajstić information content (AvgIpc) is 3.26. The zero-order valence-corrected chi connectivity index (χ0v) is 16.8. The maximum absolute atomic E-state index is 12.0. The van der Waals surface area contributed by atoms with Gasteiger partial charge in [0, 0.05) is 22.9 Å². The summed E-state index contributed by atoms with van der Waals surface area (Å²) in [5.41, 5.74) is 1.06. The first-order valence-electron chi connectivity index (χ1n) is 7.65. The van der Waals surface area contributed by atoms with Crippen LogP contribution in [0.3, 0.4) is 0 Å². The van der Waals surface area contributed by atoms with E-state index < -0.39 is 0 Å². The third kappa shape index (κ3) is 4.25. The van der Waals surface area contributed by atoms with Crippen LogP contribution in [-0.2, 0) is 11.8 Å². The molecule has 1 N–H and O–H groups in total. The topological polar surface area (TPSA) is 85.6 Å². The highest BCUT2D eigenvalue weighted by molar-refractivity contribution is 7.99. The van der Waals surface area contributed by atoms with Gasteiger partial charge in [-0.2, -0.15) is 0 Å². The molecule has 7 nitrogen and oxygen atoms in total. The largest absolute Gasteiger partial charge is 0.305 e. The van der Waals surface area contributed by atoms with Gasteiger partial charge in [-0.05, 0) is 18.9 Å². The molecule has 0 spiro atoms. The quantitative estimate of drug-likeness (QED) is 0.644. The van der Waals surface area contributed by atoms with Crippen molar-refractivity contribution in [3.63, 3.8) is 0 Å². The van der Waals surface area contributed by atoms with Crippen LogP contribution >= 0.6 is 34.4 Å². The summed E-state index contributed by atoms with van der Waals surface area (Å²) in [6.07, 6.45) is 0. The molecule has 0 saturated heterocycles. The van der Waals surface area contributed by atoms with Gasteiger partial charge in [0.25, 0.3) is 0 Å². The second-order valence-corrected chi connectivity index (χ2v) is 8.79. The maximum atomic E-state index is 12.0. The molecule has 0 aliphatic heterocycles. The Labute approximate surface area is 157 Å². The van der Waals surface area contributed by atoms with Crippen molar-refractivity contribution in [3.8, 4) is 11.4 Å². The van der Waals surface area contributed by atoms with Gasteiger partial charge in [-0.25, -0.2) is 0 Å². The van der Waals surface area contributed by atoms with E-state index in [0.717, 1.165) is 16.4 Å². The molecule has 3 aromatic rings. The Morgan fingerprint density at radius 2 is 2.12 bits per heavy atom. The second kappa shape index (κ2) is 7.63. The van der Waals surface area contributed by atoms with Gasteiger partial charge in [0.1, 0.15) is 5.01 Å². The fourth-order valence-corrected chi connectivity index (χ4v) is 4.32. The summed E-state index contributed by atoms with van der Waals surface area (Å²) < 4.78 is 1.92. The molecule has 0 fully saturated rings. The lowest BCUT2D eigenvalue weighted by Crippen LogP contribution is -2.14. The zero-order chi connectivity index (χ0) is 18.0. The molecule has 0 saturated carbocycles. The van der Waals surface area contributed by atoms with Gasteiger partial charge in [-0.15, -0.1) is 31.7 Å². The smallest absolute Gasteiger partial charge is 0.236 e. The van der Waals surface area contributed by atoms with Crippen LogP contribution in [0.15, 0.2) is 16.6 Å². The molecule has 3 rings (SSSR count). The van der Waals surface area contributed by atoms with E-state index in [9.17, 15) is 4.79 Å². The SMILES string of the molecule is Cc1nnc(NC(=O)CSc2nnc(-c3csc(C(C)C)c3)n2C)s1. The third-order valence-electron chi connectivity index (χ3n) is 3.39. The number of anilines is 1. The van der Waals surface area contributed by atoms with E-state index in [4.69, 9.17) is 0 Å². The number of carbonyl (C=O) groups is 1. The van der Waals surface area contributed by atoms with Crippen LogP contribution in [-0.4, -0.2) is 36.6 Å². The molecule has 132 valence electrons. The van der Waals surface area contributed by atoms with Crippen molar-refractivity contribution >= 4 is 45.5 Å². The summed E-state index contributed by atoms with van der Waals surface area (Å²) in [6.45, 7) is 6.19. The molecule has 0 radical (unpaired) electrons. The fourth-order valence-electron chi connectivity index (χ4n) is 2.10. The lowest BCUT2D eigenvalue weighted by atomic mass is 10.1. The molecule has 25 heavy (non-hydrogen) atoms. The third-order valence-corrected chi connectivity index (χ3v) is 6.39. The Bertz CT molecular complexity index is 882. The number of nitrogens with zero attached hydrogens (tertiary/aromatic N) is 5. The van der Waals surface area contributed by atoms with Gasteiger partial charge in [-0.1, -0.05) is 36.9 Å². The number of nitrogens with one attached hydrogen (secondary N) is 1. The molecule has 10 heteroatoms. The second-order valence-electron chi connectivity index (χ2n) is 5.72. The number of amides is 1. The number of rotatable bonds is 6. The van der Waals surface area contributed by atoms with Crippen molar-refractivity contribution in [1.82, 2.24) is 25.0 Å². The van der Waals surface area contributed by atoms with Crippen molar-refractivity contribution in [2.45, 2.75) is 31.8 Å². The van der Waals surface area contributed by atoms with Crippen LogP contribution in [0, 0.1) is 6.92 Å². The van der Waals surface area contributed by atoms with Crippen LogP contribution in [0.4, 0.5) is 5.13 Å². The number of hydrogen-bond donors (Lipinski definition) is 1. The summed E-state index contributed by atoms with van der Waals surface area (Å²) >= 11 is 4.43. The van der Waals surface area contributed by atoms with Gasteiger partial charge in [0.05, 0.1) is 5.75 Å². The van der Waals surface area contributed by atoms with Crippen molar-refractivity contribution in [3.05, 3.63) is 21.3 Å². The van der Waals surface area contributed by atoms with Crippen LogP contribution in [0.2, 0.25) is 0 Å². The number of thiophene rings is 1. The summed E-state index contributed by atoms with van der Waals surface area (Å²) in [6, 6.07) is 2.15. The van der Waals surface area contributed by atoms with Crippen molar-refractivity contribution < 1.29 is 4.79 Å². The van der Waals surface area contributed by atoms with E-state index in [1.165, 1.54) is 28.0 Å². The maximum Gasteiger partial charge on any atom is 0.236 e.